The topological polar surface area (TPSA) is 33.7 Å². The molecular weight excluding hydrogens is 380 g/mol. The molecule has 0 saturated carbocycles. The summed E-state index contributed by atoms with van der Waals surface area (Å²) in [6.07, 6.45) is -2.91. The van der Waals surface area contributed by atoms with Crippen LogP contribution < -0.4 is 14.8 Å². The Bertz CT molecular complexity index is 513. The first kappa shape index (κ1) is 24.1. The summed E-state index contributed by atoms with van der Waals surface area (Å²) in [5.41, 5.74) is 0.748. The number of nitrogens with one attached hydrogen (secondary N) is 1. The molecule has 0 aliphatic carbocycles. The number of halogens is 5. The number of benzene rings is 1. The van der Waals surface area contributed by atoms with Gasteiger partial charge in [0.25, 0.3) is 0 Å². The van der Waals surface area contributed by atoms with Crippen LogP contribution in [0.4, 0.5) is 13.2 Å². The molecule has 1 aromatic rings. The van der Waals surface area contributed by atoms with Crippen LogP contribution in [-0.2, 0) is 0 Å². The number of methoxy groups -OCH3 is 1. The molecule has 1 N–H and O–H groups in total. The Kier molecular flexibility index (Phi) is 10.6. The van der Waals surface area contributed by atoms with Crippen molar-refractivity contribution >= 4 is 24.8 Å². The second-order valence-corrected chi connectivity index (χ2v) is 5.54. The van der Waals surface area contributed by atoms with Gasteiger partial charge in [0.2, 0.25) is 0 Å². The molecule has 1 aromatic carbocycles. The standard InChI is InChI=1S/C16H23F3N2O2.2ClH/c1-3-4-14(21-9-7-20-8-10-21)13-11-12(23-16(17,18)19)5-6-15(13)22-2;;/h5-6,11,14,20H,3-4,7-10H2,1-2H3;2*1H/t14-;;/m0../s1. The first-order valence-electron chi connectivity index (χ1n) is 7.83. The zero-order valence-electron chi connectivity index (χ0n) is 14.3. The Morgan fingerprint density at radius 1 is 1.20 bits per heavy atom. The molecule has 1 saturated heterocycles. The maximum absolute atomic E-state index is 12.5. The van der Waals surface area contributed by atoms with E-state index >= 15 is 0 Å². The summed E-state index contributed by atoms with van der Waals surface area (Å²) in [6, 6.07) is 4.31. The summed E-state index contributed by atoms with van der Waals surface area (Å²) in [5.74, 6) is 0.390. The van der Waals surface area contributed by atoms with Crippen LogP contribution in [0.15, 0.2) is 18.2 Å². The maximum atomic E-state index is 12.5. The lowest BCUT2D eigenvalue weighted by Crippen LogP contribution is -2.45. The van der Waals surface area contributed by atoms with Crippen molar-refractivity contribution < 1.29 is 22.6 Å². The monoisotopic (exact) mass is 404 g/mol. The SMILES string of the molecule is CCC[C@@H](c1cc(OC(F)(F)F)ccc1OC)N1CCNCC1.Cl.Cl. The third-order valence-electron chi connectivity index (χ3n) is 3.95. The van der Waals surface area contributed by atoms with Gasteiger partial charge >= 0.3 is 6.36 Å². The lowest BCUT2D eigenvalue weighted by molar-refractivity contribution is -0.274. The van der Waals surface area contributed by atoms with E-state index in [-0.39, 0.29) is 36.6 Å². The van der Waals surface area contributed by atoms with E-state index in [1.165, 1.54) is 19.2 Å². The predicted molar refractivity (Wildman–Crippen MR) is 96.3 cm³/mol. The Morgan fingerprint density at radius 3 is 2.36 bits per heavy atom. The van der Waals surface area contributed by atoms with E-state index in [0.29, 0.717) is 5.75 Å². The van der Waals surface area contributed by atoms with Crippen molar-refractivity contribution in [2.75, 3.05) is 33.3 Å². The number of nitrogens with zero attached hydrogens (tertiary/aromatic N) is 1. The summed E-state index contributed by atoms with van der Waals surface area (Å²) in [7, 11) is 1.53. The van der Waals surface area contributed by atoms with Gasteiger partial charge in [0.05, 0.1) is 7.11 Å². The molecule has 9 heteroatoms. The fraction of sp³-hybridized carbons (Fsp3) is 0.625. The lowest BCUT2D eigenvalue weighted by atomic mass is 9.98. The van der Waals surface area contributed by atoms with Gasteiger partial charge in [-0.05, 0) is 24.6 Å². The van der Waals surface area contributed by atoms with Gasteiger partial charge < -0.3 is 14.8 Å². The Labute approximate surface area is 158 Å². The molecule has 0 amide bonds. The zero-order chi connectivity index (χ0) is 16.9. The minimum Gasteiger partial charge on any atom is -0.496 e. The summed E-state index contributed by atoms with van der Waals surface area (Å²) in [6.45, 7) is 5.54. The quantitative estimate of drug-likeness (QED) is 0.770. The maximum Gasteiger partial charge on any atom is 0.573 e. The van der Waals surface area contributed by atoms with Crippen LogP contribution in [0.25, 0.3) is 0 Å². The normalized spacial score (nSPS) is 16.4. The van der Waals surface area contributed by atoms with Gasteiger partial charge in [-0.2, -0.15) is 0 Å². The Morgan fingerprint density at radius 2 is 1.84 bits per heavy atom. The minimum atomic E-state index is -4.69. The fourth-order valence-corrected chi connectivity index (χ4v) is 2.97. The number of piperazine rings is 1. The largest absolute Gasteiger partial charge is 0.573 e. The van der Waals surface area contributed by atoms with Crippen molar-refractivity contribution in [3.63, 3.8) is 0 Å². The molecule has 1 heterocycles. The van der Waals surface area contributed by atoms with E-state index in [1.54, 1.807) is 6.07 Å². The highest BCUT2D eigenvalue weighted by atomic mass is 35.5. The average molecular weight is 405 g/mol. The smallest absolute Gasteiger partial charge is 0.496 e. The van der Waals surface area contributed by atoms with E-state index in [9.17, 15) is 13.2 Å². The molecule has 0 bridgehead atoms. The van der Waals surface area contributed by atoms with E-state index in [2.05, 4.69) is 21.9 Å². The molecule has 1 fully saturated rings. The lowest BCUT2D eigenvalue weighted by Gasteiger charge is -2.36. The van der Waals surface area contributed by atoms with E-state index in [4.69, 9.17) is 4.74 Å². The zero-order valence-corrected chi connectivity index (χ0v) is 15.9. The highest BCUT2D eigenvalue weighted by Crippen LogP contribution is 2.36. The average Bonchev–Trinajstić information content (AvgIpc) is 2.52. The van der Waals surface area contributed by atoms with Crippen molar-refractivity contribution in [3.8, 4) is 11.5 Å². The van der Waals surface area contributed by atoms with Crippen molar-refractivity contribution in [2.24, 2.45) is 0 Å². The van der Waals surface area contributed by atoms with Gasteiger partial charge in [-0.25, -0.2) is 0 Å². The van der Waals surface area contributed by atoms with Crippen molar-refractivity contribution in [1.82, 2.24) is 10.2 Å². The highest BCUT2D eigenvalue weighted by molar-refractivity contribution is 5.85. The summed E-state index contributed by atoms with van der Waals surface area (Å²) >= 11 is 0. The molecular formula is C16H25Cl2F3N2O2. The van der Waals surface area contributed by atoms with Crippen LogP contribution >= 0.6 is 24.8 Å². The molecule has 0 spiro atoms. The number of hydrogen-bond donors (Lipinski definition) is 1. The second kappa shape index (κ2) is 11.0. The van der Waals surface area contributed by atoms with Gasteiger partial charge in [0, 0.05) is 37.8 Å². The van der Waals surface area contributed by atoms with Crippen LogP contribution in [-0.4, -0.2) is 44.6 Å². The third kappa shape index (κ3) is 7.09. The molecule has 1 atom stereocenters. The second-order valence-electron chi connectivity index (χ2n) is 5.54. The highest BCUT2D eigenvalue weighted by Gasteiger charge is 2.32. The molecule has 146 valence electrons. The first-order valence-corrected chi connectivity index (χ1v) is 7.83. The van der Waals surface area contributed by atoms with Crippen molar-refractivity contribution in [3.05, 3.63) is 23.8 Å². The first-order chi connectivity index (χ1) is 10.9. The molecule has 1 aliphatic rings. The molecule has 0 radical (unpaired) electrons. The number of ether oxygens (including phenoxy) is 2. The molecule has 4 nitrogen and oxygen atoms in total. The fourth-order valence-electron chi connectivity index (χ4n) is 2.97. The Hall–Kier alpha value is -0.890. The van der Waals surface area contributed by atoms with Crippen molar-refractivity contribution in [1.29, 1.82) is 0 Å². The number of alkyl halides is 3. The van der Waals surface area contributed by atoms with Gasteiger partial charge in [-0.15, -0.1) is 38.0 Å². The van der Waals surface area contributed by atoms with Crippen LogP contribution in [0.2, 0.25) is 0 Å². The molecule has 0 aromatic heterocycles. The molecule has 1 aliphatic heterocycles. The van der Waals surface area contributed by atoms with Crippen LogP contribution in [0.5, 0.6) is 11.5 Å². The van der Waals surface area contributed by atoms with Gasteiger partial charge in [-0.3, -0.25) is 4.90 Å². The van der Waals surface area contributed by atoms with Crippen LogP contribution in [0.3, 0.4) is 0 Å². The molecule has 2 rings (SSSR count). The Balaban J connectivity index is 0.00000288. The summed E-state index contributed by atoms with van der Waals surface area (Å²) < 4.78 is 46.9. The van der Waals surface area contributed by atoms with Crippen LogP contribution in [0.1, 0.15) is 31.4 Å². The summed E-state index contributed by atoms with van der Waals surface area (Å²) in [4.78, 5) is 2.29. The van der Waals surface area contributed by atoms with E-state index < -0.39 is 6.36 Å². The van der Waals surface area contributed by atoms with E-state index in [1.807, 2.05) is 0 Å². The van der Waals surface area contributed by atoms with E-state index in [0.717, 1.165) is 44.6 Å². The third-order valence-corrected chi connectivity index (χ3v) is 3.95. The van der Waals surface area contributed by atoms with Crippen LogP contribution in [0, 0.1) is 0 Å². The number of hydrogen-bond acceptors (Lipinski definition) is 4. The van der Waals surface area contributed by atoms with Gasteiger partial charge in [0.1, 0.15) is 11.5 Å². The van der Waals surface area contributed by atoms with Gasteiger partial charge in [0.15, 0.2) is 0 Å². The molecule has 0 unspecified atom stereocenters. The van der Waals surface area contributed by atoms with Gasteiger partial charge in [-0.1, -0.05) is 13.3 Å². The predicted octanol–water partition coefficient (Wildman–Crippen LogP) is 4.18. The molecule has 25 heavy (non-hydrogen) atoms. The summed E-state index contributed by atoms with van der Waals surface area (Å²) in [5, 5.41) is 3.29. The van der Waals surface area contributed by atoms with Crippen molar-refractivity contribution in [2.45, 2.75) is 32.2 Å². The minimum absolute atomic E-state index is 0. The number of rotatable bonds is 6.